The van der Waals surface area contributed by atoms with E-state index in [1.54, 1.807) is 23.1 Å². The number of fused-ring (bicyclic) bond motifs is 1. The first-order valence-electron chi connectivity index (χ1n) is 13.7. The summed E-state index contributed by atoms with van der Waals surface area (Å²) in [4.78, 5) is 43.5. The molecule has 2 aliphatic heterocycles. The molecule has 0 spiro atoms. The van der Waals surface area contributed by atoms with Crippen molar-refractivity contribution in [3.8, 4) is 23.0 Å². The number of urea groups is 1. The smallest absolute Gasteiger partial charge is 0.323 e. The Bertz CT molecular complexity index is 1480. The molecule has 5 rings (SSSR count). The molecule has 1 saturated heterocycles. The van der Waals surface area contributed by atoms with Gasteiger partial charge in [-0.05, 0) is 45.9 Å². The Hall–Kier alpha value is -4.52. The molecule has 0 saturated carbocycles. The molecule has 1 unspecified atom stereocenters. The first kappa shape index (κ1) is 29.0. The number of benzene rings is 1. The highest BCUT2D eigenvalue weighted by atomic mass is 19.1. The van der Waals surface area contributed by atoms with Gasteiger partial charge in [0.2, 0.25) is 17.7 Å². The van der Waals surface area contributed by atoms with Crippen LogP contribution in [0, 0.1) is 5.82 Å². The summed E-state index contributed by atoms with van der Waals surface area (Å²) in [6.45, 7) is 10.0. The molecule has 2 N–H and O–H groups in total. The molecule has 1 fully saturated rings. The Balaban J connectivity index is 1.51. The number of nitrogens with zero attached hydrogens (tertiary/aromatic N) is 5. The fraction of sp³-hybridized carbons (Fsp3) is 0.414. The Morgan fingerprint density at radius 2 is 2.02 bits per heavy atom. The molecule has 0 aliphatic carbocycles. The van der Waals surface area contributed by atoms with Crippen LogP contribution < -0.4 is 25.0 Å². The number of anilines is 3. The summed E-state index contributed by atoms with van der Waals surface area (Å²) in [6.07, 6.45) is 1.42. The van der Waals surface area contributed by atoms with E-state index < -0.39 is 17.4 Å². The van der Waals surface area contributed by atoms with E-state index in [1.165, 1.54) is 25.4 Å². The van der Waals surface area contributed by atoms with Gasteiger partial charge in [0, 0.05) is 24.7 Å². The number of amides is 3. The number of rotatable bonds is 6. The van der Waals surface area contributed by atoms with Crippen molar-refractivity contribution in [3.05, 3.63) is 47.9 Å². The van der Waals surface area contributed by atoms with E-state index in [0.29, 0.717) is 55.9 Å². The highest BCUT2D eigenvalue weighted by Gasteiger charge is 2.38. The van der Waals surface area contributed by atoms with Crippen molar-refractivity contribution in [2.24, 2.45) is 0 Å². The van der Waals surface area contributed by atoms with E-state index in [0.717, 1.165) is 0 Å². The standard InChI is InChI=1S/C29H34FN7O5/c1-6-36-16-29(3,4)42-25-23(26(36)38)24(34-27(35-25)37-11-12-41-15-17(37)2)18-7-9-21(20(30)13-18)33-28(39)32-19-8-10-22(40-5)31-14-19/h7-10,13-14,17H,6,11-12,15-16H2,1-5H3,(H2,32,33,39). The summed E-state index contributed by atoms with van der Waals surface area (Å²) in [5, 5.41) is 5.10. The van der Waals surface area contributed by atoms with Crippen molar-refractivity contribution in [2.75, 3.05) is 55.5 Å². The molecule has 222 valence electrons. The number of pyridine rings is 1. The van der Waals surface area contributed by atoms with Gasteiger partial charge < -0.3 is 34.6 Å². The first-order chi connectivity index (χ1) is 20.1. The van der Waals surface area contributed by atoms with Gasteiger partial charge in [-0.15, -0.1) is 0 Å². The zero-order valence-corrected chi connectivity index (χ0v) is 24.2. The molecule has 1 aromatic carbocycles. The quantitative estimate of drug-likeness (QED) is 0.441. The van der Waals surface area contributed by atoms with E-state index in [2.05, 4.69) is 15.6 Å². The van der Waals surface area contributed by atoms with Gasteiger partial charge in [-0.3, -0.25) is 4.79 Å². The molecule has 42 heavy (non-hydrogen) atoms. The molecule has 3 aromatic rings. The fourth-order valence-corrected chi connectivity index (χ4v) is 4.92. The van der Waals surface area contributed by atoms with Gasteiger partial charge in [0.15, 0.2) is 0 Å². The van der Waals surface area contributed by atoms with Gasteiger partial charge in [-0.2, -0.15) is 4.98 Å². The highest BCUT2D eigenvalue weighted by Crippen LogP contribution is 2.37. The topological polar surface area (TPSA) is 131 Å². The summed E-state index contributed by atoms with van der Waals surface area (Å²) < 4.78 is 32.4. The second-order valence-corrected chi connectivity index (χ2v) is 10.7. The summed E-state index contributed by atoms with van der Waals surface area (Å²) in [6, 6.07) is 6.78. The lowest BCUT2D eigenvalue weighted by molar-refractivity contribution is 0.0541. The van der Waals surface area contributed by atoms with Crippen molar-refractivity contribution >= 4 is 29.3 Å². The number of methoxy groups -OCH3 is 1. The number of morpholine rings is 1. The second-order valence-electron chi connectivity index (χ2n) is 10.7. The monoisotopic (exact) mass is 579 g/mol. The lowest BCUT2D eigenvalue weighted by Gasteiger charge is -2.34. The fourth-order valence-electron chi connectivity index (χ4n) is 4.92. The Morgan fingerprint density at radius 3 is 2.69 bits per heavy atom. The Kier molecular flexibility index (Phi) is 8.12. The molecule has 3 amide bonds. The van der Waals surface area contributed by atoms with Crippen molar-refractivity contribution < 1.29 is 28.2 Å². The average Bonchev–Trinajstić information content (AvgIpc) is 3.06. The lowest BCUT2D eigenvalue weighted by Crippen LogP contribution is -2.44. The third-order valence-corrected chi connectivity index (χ3v) is 7.01. The largest absolute Gasteiger partial charge is 0.481 e. The van der Waals surface area contributed by atoms with Crippen LogP contribution in [0.2, 0.25) is 0 Å². The minimum atomic E-state index is -0.720. The highest BCUT2D eigenvalue weighted by molar-refractivity contribution is 6.03. The number of nitrogens with one attached hydrogen (secondary N) is 2. The summed E-state index contributed by atoms with van der Waals surface area (Å²) in [5.41, 5.74) is 0.374. The number of likely N-dealkylation sites (N-methyl/N-ethyl adjacent to an activating group) is 1. The SMILES string of the molecule is CCN1CC(C)(C)Oc2nc(N3CCOCC3C)nc(-c3ccc(NC(=O)Nc4ccc(OC)nc4)c(F)c3)c2C1=O. The van der Waals surface area contributed by atoms with Crippen molar-refractivity contribution in [2.45, 2.75) is 39.3 Å². The van der Waals surface area contributed by atoms with Gasteiger partial charge in [0.25, 0.3) is 5.91 Å². The molecule has 12 nitrogen and oxygen atoms in total. The Labute approximate surface area is 243 Å². The molecule has 2 aromatic heterocycles. The van der Waals surface area contributed by atoms with Crippen molar-refractivity contribution in [1.82, 2.24) is 19.9 Å². The van der Waals surface area contributed by atoms with E-state index in [1.807, 2.05) is 32.6 Å². The predicted molar refractivity (Wildman–Crippen MR) is 155 cm³/mol. The maximum atomic E-state index is 15.5. The number of aromatic nitrogens is 3. The number of halogens is 1. The number of ether oxygens (including phenoxy) is 3. The molecular formula is C29H34FN7O5. The molecule has 1 atom stereocenters. The van der Waals surface area contributed by atoms with Crippen LogP contribution >= 0.6 is 0 Å². The number of hydrogen-bond acceptors (Lipinski definition) is 9. The van der Waals surface area contributed by atoms with Crippen LogP contribution in [0.4, 0.5) is 26.5 Å². The molecule has 2 aliphatic rings. The van der Waals surface area contributed by atoms with E-state index in [-0.39, 0.29) is 34.8 Å². The molecule has 4 heterocycles. The van der Waals surface area contributed by atoms with Crippen LogP contribution in [0.1, 0.15) is 38.1 Å². The first-order valence-corrected chi connectivity index (χ1v) is 13.7. The third-order valence-electron chi connectivity index (χ3n) is 7.01. The minimum Gasteiger partial charge on any atom is -0.481 e. The average molecular weight is 580 g/mol. The predicted octanol–water partition coefficient (Wildman–Crippen LogP) is 4.19. The van der Waals surface area contributed by atoms with E-state index in [4.69, 9.17) is 24.2 Å². The molecule has 0 bridgehead atoms. The zero-order chi connectivity index (χ0) is 30.0. The summed E-state index contributed by atoms with van der Waals surface area (Å²) >= 11 is 0. The maximum absolute atomic E-state index is 15.5. The third kappa shape index (κ3) is 6.05. The molecular weight excluding hydrogens is 545 g/mol. The summed E-state index contributed by atoms with van der Waals surface area (Å²) in [5.74, 6) is -0.104. The second kappa shape index (κ2) is 11.8. The van der Waals surface area contributed by atoms with Crippen LogP contribution in [0.3, 0.4) is 0 Å². The number of carbonyl (C=O) groups excluding carboxylic acids is 2. The van der Waals surface area contributed by atoms with Crippen LogP contribution in [0.5, 0.6) is 11.8 Å². The van der Waals surface area contributed by atoms with Crippen LogP contribution in [-0.4, -0.2) is 83.4 Å². The minimum absolute atomic E-state index is 0.0194. The zero-order valence-electron chi connectivity index (χ0n) is 24.2. The van der Waals surface area contributed by atoms with Gasteiger partial charge >= 0.3 is 6.03 Å². The van der Waals surface area contributed by atoms with Crippen molar-refractivity contribution in [3.63, 3.8) is 0 Å². The molecule has 13 heteroatoms. The normalized spacial score (nSPS) is 18.0. The molecule has 0 radical (unpaired) electrons. The Morgan fingerprint density at radius 1 is 1.21 bits per heavy atom. The van der Waals surface area contributed by atoms with Crippen LogP contribution in [-0.2, 0) is 4.74 Å². The number of hydrogen-bond donors (Lipinski definition) is 2. The van der Waals surface area contributed by atoms with Gasteiger partial charge in [-0.25, -0.2) is 19.2 Å². The van der Waals surface area contributed by atoms with Crippen LogP contribution in [0.15, 0.2) is 36.5 Å². The lowest BCUT2D eigenvalue weighted by atomic mass is 10.0. The van der Waals surface area contributed by atoms with Gasteiger partial charge in [-0.1, -0.05) is 6.07 Å². The van der Waals surface area contributed by atoms with Gasteiger partial charge in [0.05, 0.1) is 56.2 Å². The van der Waals surface area contributed by atoms with E-state index in [9.17, 15) is 9.59 Å². The van der Waals surface area contributed by atoms with Crippen molar-refractivity contribution in [1.29, 1.82) is 0 Å². The van der Waals surface area contributed by atoms with Gasteiger partial charge in [0.1, 0.15) is 17.0 Å². The van der Waals surface area contributed by atoms with Crippen LogP contribution in [0.25, 0.3) is 11.3 Å². The summed E-state index contributed by atoms with van der Waals surface area (Å²) in [7, 11) is 1.49. The van der Waals surface area contributed by atoms with E-state index >= 15 is 4.39 Å². The number of carbonyl (C=O) groups is 2. The maximum Gasteiger partial charge on any atom is 0.323 e.